The van der Waals surface area contributed by atoms with Gasteiger partial charge in [-0.05, 0) is 36.4 Å². The van der Waals surface area contributed by atoms with Crippen LogP contribution in [0.1, 0.15) is 16.8 Å². The standard InChI is InChI=1S/C11H11BrN2OS/c12-9-3-1-8(2-4-9)11(15)14-13-10-5-6-16-7-10/h1-4H,5-7H2,(H,14,15). The summed E-state index contributed by atoms with van der Waals surface area (Å²) in [6.45, 7) is 0. The molecule has 1 aromatic rings. The molecule has 1 N–H and O–H groups in total. The minimum atomic E-state index is -0.156. The Morgan fingerprint density at radius 1 is 1.38 bits per heavy atom. The highest BCUT2D eigenvalue weighted by Gasteiger charge is 2.09. The number of benzene rings is 1. The second-order valence-corrected chi connectivity index (χ2v) is 5.45. The molecule has 1 amide bonds. The largest absolute Gasteiger partial charge is 0.271 e. The van der Waals surface area contributed by atoms with Crippen LogP contribution in [0.15, 0.2) is 33.8 Å². The molecule has 1 fully saturated rings. The van der Waals surface area contributed by atoms with Gasteiger partial charge in [0.2, 0.25) is 0 Å². The SMILES string of the molecule is O=C(NN=C1CCSC1)c1ccc(Br)cc1. The minimum Gasteiger partial charge on any atom is -0.267 e. The summed E-state index contributed by atoms with van der Waals surface area (Å²) in [4.78, 5) is 11.7. The molecule has 0 unspecified atom stereocenters. The Hall–Kier alpha value is -0.810. The molecule has 5 heteroatoms. The summed E-state index contributed by atoms with van der Waals surface area (Å²) in [6, 6.07) is 7.22. The predicted octanol–water partition coefficient (Wildman–Crippen LogP) is 2.67. The monoisotopic (exact) mass is 298 g/mol. The van der Waals surface area contributed by atoms with Crippen LogP contribution in [-0.4, -0.2) is 23.1 Å². The normalized spacial score (nSPS) is 17.7. The number of nitrogens with zero attached hydrogens (tertiary/aromatic N) is 1. The van der Waals surface area contributed by atoms with Gasteiger partial charge in [-0.3, -0.25) is 4.79 Å². The molecule has 0 spiro atoms. The maximum absolute atomic E-state index is 11.7. The van der Waals surface area contributed by atoms with Gasteiger partial charge in [-0.15, -0.1) is 0 Å². The number of carbonyl (C=O) groups is 1. The summed E-state index contributed by atoms with van der Waals surface area (Å²) in [6.07, 6.45) is 0.977. The summed E-state index contributed by atoms with van der Waals surface area (Å²) in [5.41, 5.74) is 4.27. The van der Waals surface area contributed by atoms with E-state index in [1.165, 1.54) is 0 Å². The van der Waals surface area contributed by atoms with Crippen molar-refractivity contribution in [3.63, 3.8) is 0 Å². The molecule has 3 nitrogen and oxygen atoms in total. The molecule has 0 aromatic heterocycles. The topological polar surface area (TPSA) is 41.5 Å². The Morgan fingerprint density at radius 2 is 2.12 bits per heavy atom. The number of thioether (sulfide) groups is 1. The zero-order chi connectivity index (χ0) is 11.4. The van der Waals surface area contributed by atoms with E-state index in [0.717, 1.165) is 28.1 Å². The van der Waals surface area contributed by atoms with Crippen molar-refractivity contribution >= 4 is 39.3 Å². The number of halogens is 1. The Labute approximate surface area is 107 Å². The van der Waals surface area contributed by atoms with Crippen molar-refractivity contribution in [2.24, 2.45) is 5.10 Å². The van der Waals surface area contributed by atoms with Gasteiger partial charge in [0.15, 0.2) is 0 Å². The molecule has 1 aliphatic rings. The van der Waals surface area contributed by atoms with Crippen LogP contribution in [0.4, 0.5) is 0 Å². The minimum absolute atomic E-state index is 0.156. The summed E-state index contributed by atoms with van der Waals surface area (Å²) in [5, 5.41) is 4.11. The molecule has 84 valence electrons. The summed E-state index contributed by atoms with van der Waals surface area (Å²) >= 11 is 5.17. The molecule has 0 bridgehead atoms. The molecule has 0 aliphatic carbocycles. The highest BCUT2D eigenvalue weighted by molar-refractivity contribution is 9.10. The van der Waals surface area contributed by atoms with Crippen molar-refractivity contribution < 1.29 is 4.79 Å². The highest BCUT2D eigenvalue weighted by atomic mass is 79.9. The smallest absolute Gasteiger partial charge is 0.267 e. The fourth-order valence-electron chi connectivity index (χ4n) is 1.34. The van der Waals surface area contributed by atoms with Crippen molar-refractivity contribution in [3.8, 4) is 0 Å². The van der Waals surface area contributed by atoms with Crippen molar-refractivity contribution in [3.05, 3.63) is 34.3 Å². The van der Waals surface area contributed by atoms with E-state index in [0.29, 0.717) is 5.56 Å². The fourth-order valence-corrected chi connectivity index (χ4v) is 2.57. The summed E-state index contributed by atoms with van der Waals surface area (Å²) < 4.78 is 0.961. The van der Waals surface area contributed by atoms with Crippen molar-refractivity contribution in [2.75, 3.05) is 11.5 Å². The van der Waals surface area contributed by atoms with Crippen molar-refractivity contribution in [1.82, 2.24) is 5.43 Å². The maximum atomic E-state index is 11.7. The van der Waals surface area contributed by atoms with Crippen LogP contribution in [0.25, 0.3) is 0 Å². The van der Waals surface area contributed by atoms with Crippen LogP contribution >= 0.6 is 27.7 Å². The average molecular weight is 299 g/mol. The molecular weight excluding hydrogens is 288 g/mol. The number of carbonyl (C=O) groups excluding carboxylic acids is 1. The molecular formula is C11H11BrN2OS. The van der Waals surface area contributed by atoms with Crippen molar-refractivity contribution in [1.29, 1.82) is 0 Å². The summed E-state index contributed by atoms with van der Waals surface area (Å²) in [7, 11) is 0. The molecule has 1 saturated heterocycles. The van der Waals surface area contributed by atoms with Crippen molar-refractivity contribution in [2.45, 2.75) is 6.42 Å². The zero-order valence-corrected chi connectivity index (χ0v) is 11.0. The van der Waals surface area contributed by atoms with E-state index in [2.05, 4.69) is 26.5 Å². The van der Waals surface area contributed by atoms with Crippen LogP contribution in [0, 0.1) is 0 Å². The summed E-state index contributed by atoms with van der Waals surface area (Å²) in [5.74, 6) is 1.88. The van der Waals surface area contributed by atoms with Crippen LogP contribution in [0.2, 0.25) is 0 Å². The van der Waals surface area contributed by atoms with Crippen LogP contribution in [0.3, 0.4) is 0 Å². The Balaban J connectivity index is 1.97. The molecule has 1 aromatic carbocycles. The lowest BCUT2D eigenvalue weighted by Gasteiger charge is -2.01. The molecule has 0 saturated carbocycles. The first kappa shape index (κ1) is 11.7. The maximum Gasteiger partial charge on any atom is 0.271 e. The molecule has 0 atom stereocenters. The first-order chi connectivity index (χ1) is 7.75. The van der Waals surface area contributed by atoms with E-state index >= 15 is 0 Å². The zero-order valence-electron chi connectivity index (χ0n) is 8.57. The Kier molecular flexibility index (Phi) is 4.01. The second kappa shape index (κ2) is 5.50. The first-order valence-corrected chi connectivity index (χ1v) is 6.89. The lowest BCUT2D eigenvalue weighted by atomic mass is 10.2. The number of hydrogen-bond acceptors (Lipinski definition) is 3. The number of hydrogen-bond donors (Lipinski definition) is 1. The third-order valence-electron chi connectivity index (χ3n) is 2.23. The van der Waals surface area contributed by atoms with Gasteiger partial charge in [-0.2, -0.15) is 16.9 Å². The van der Waals surface area contributed by atoms with Gasteiger partial charge in [-0.1, -0.05) is 15.9 Å². The predicted molar refractivity (Wildman–Crippen MR) is 71.0 cm³/mol. The Morgan fingerprint density at radius 3 is 2.75 bits per heavy atom. The average Bonchev–Trinajstić information content (AvgIpc) is 2.80. The van der Waals surface area contributed by atoms with Crippen LogP contribution in [0.5, 0.6) is 0 Å². The lowest BCUT2D eigenvalue weighted by Crippen LogP contribution is -2.19. The van der Waals surface area contributed by atoms with E-state index in [-0.39, 0.29) is 5.91 Å². The van der Waals surface area contributed by atoms with Gasteiger partial charge in [0.05, 0.1) is 0 Å². The van der Waals surface area contributed by atoms with Gasteiger partial charge in [-0.25, -0.2) is 5.43 Å². The van der Waals surface area contributed by atoms with Crippen LogP contribution < -0.4 is 5.43 Å². The molecule has 1 heterocycles. The number of rotatable bonds is 2. The molecule has 1 aliphatic heterocycles. The number of nitrogens with one attached hydrogen (secondary N) is 1. The quantitative estimate of drug-likeness (QED) is 0.853. The highest BCUT2D eigenvalue weighted by Crippen LogP contribution is 2.14. The van der Waals surface area contributed by atoms with E-state index in [9.17, 15) is 4.79 Å². The van der Waals surface area contributed by atoms with Gasteiger partial charge >= 0.3 is 0 Å². The fraction of sp³-hybridized carbons (Fsp3) is 0.273. The molecule has 16 heavy (non-hydrogen) atoms. The number of amides is 1. The lowest BCUT2D eigenvalue weighted by molar-refractivity contribution is 0.0954. The van der Waals surface area contributed by atoms with Crippen LogP contribution in [-0.2, 0) is 0 Å². The third kappa shape index (κ3) is 3.09. The van der Waals surface area contributed by atoms with Gasteiger partial charge in [0.1, 0.15) is 0 Å². The van der Waals surface area contributed by atoms with Gasteiger partial charge in [0.25, 0.3) is 5.91 Å². The van der Waals surface area contributed by atoms with E-state index in [1.54, 1.807) is 12.1 Å². The molecule has 0 radical (unpaired) electrons. The van der Waals surface area contributed by atoms with E-state index in [4.69, 9.17) is 0 Å². The number of hydrazone groups is 1. The van der Waals surface area contributed by atoms with Gasteiger partial charge < -0.3 is 0 Å². The molecule has 2 rings (SSSR count). The Bertz CT molecular complexity index is 408. The third-order valence-corrected chi connectivity index (χ3v) is 3.78. The van der Waals surface area contributed by atoms with E-state index in [1.807, 2.05) is 23.9 Å². The van der Waals surface area contributed by atoms with E-state index < -0.39 is 0 Å². The second-order valence-electron chi connectivity index (χ2n) is 3.43. The van der Waals surface area contributed by atoms with Gasteiger partial charge in [0, 0.05) is 21.5 Å². The first-order valence-electron chi connectivity index (χ1n) is 4.95.